The molecule has 1 aliphatic heterocycles. The van der Waals surface area contributed by atoms with E-state index in [1.807, 2.05) is 0 Å². The standard InChI is InChI=1S/C15H11Cl2FN2O/c1-19-15(9-4-2-3-5-11(9)17)10-6-8(16)7-12(18)13(10)20-14(15)21/h2-7,19H,1H3,(H,20,21). The molecule has 0 fully saturated rings. The summed E-state index contributed by atoms with van der Waals surface area (Å²) in [6, 6.07) is 9.68. The van der Waals surface area contributed by atoms with Crippen LogP contribution in [0.2, 0.25) is 10.0 Å². The first-order valence-corrected chi connectivity index (χ1v) is 7.01. The molecule has 0 aliphatic carbocycles. The minimum atomic E-state index is -1.26. The van der Waals surface area contributed by atoms with Gasteiger partial charge < -0.3 is 5.32 Å². The minimum absolute atomic E-state index is 0.124. The number of anilines is 1. The highest BCUT2D eigenvalue weighted by atomic mass is 35.5. The fraction of sp³-hybridized carbons (Fsp3) is 0.133. The molecule has 2 aromatic rings. The maximum absolute atomic E-state index is 14.1. The van der Waals surface area contributed by atoms with E-state index in [1.165, 1.54) is 6.07 Å². The molecule has 3 nitrogen and oxygen atoms in total. The van der Waals surface area contributed by atoms with E-state index in [-0.39, 0.29) is 10.7 Å². The van der Waals surface area contributed by atoms with Gasteiger partial charge in [-0.15, -0.1) is 0 Å². The fourth-order valence-electron chi connectivity index (χ4n) is 2.74. The molecule has 1 aliphatic rings. The zero-order valence-electron chi connectivity index (χ0n) is 11.0. The van der Waals surface area contributed by atoms with Crippen molar-refractivity contribution >= 4 is 34.8 Å². The molecule has 6 heteroatoms. The van der Waals surface area contributed by atoms with E-state index in [0.29, 0.717) is 16.1 Å². The van der Waals surface area contributed by atoms with Crippen LogP contribution < -0.4 is 10.6 Å². The SMILES string of the molecule is CNC1(c2ccccc2Cl)C(=O)Nc2c(F)cc(Cl)cc21. The first kappa shape index (κ1) is 14.3. The van der Waals surface area contributed by atoms with Crippen molar-refractivity contribution in [3.63, 3.8) is 0 Å². The molecule has 2 N–H and O–H groups in total. The van der Waals surface area contributed by atoms with E-state index in [2.05, 4.69) is 10.6 Å². The Bertz CT molecular complexity index is 750. The first-order chi connectivity index (χ1) is 10.0. The van der Waals surface area contributed by atoms with Crippen LogP contribution in [0.5, 0.6) is 0 Å². The number of carbonyl (C=O) groups is 1. The summed E-state index contributed by atoms with van der Waals surface area (Å²) in [5.74, 6) is -0.968. The summed E-state index contributed by atoms with van der Waals surface area (Å²) in [6.45, 7) is 0. The lowest BCUT2D eigenvalue weighted by atomic mass is 9.84. The third kappa shape index (κ3) is 1.94. The molecule has 0 spiro atoms. The molecular formula is C15H11Cl2FN2O. The third-order valence-electron chi connectivity index (χ3n) is 3.69. The molecule has 3 rings (SSSR count). The van der Waals surface area contributed by atoms with Gasteiger partial charge >= 0.3 is 0 Å². The number of likely N-dealkylation sites (N-methyl/N-ethyl adjacent to an activating group) is 1. The summed E-state index contributed by atoms with van der Waals surface area (Å²) in [4.78, 5) is 12.6. The molecule has 1 heterocycles. The largest absolute Gasteiger partial charge is 0.321 e. The highest BCUT2D eigenvalue weighted by Gasteiger charge is 2.49. The average Bonchev–Trinajstić information content (AvgIpc) is 2.73. The lowest BCUT2D eigenvalue weighted by Crippen LogP contribution is -2.47. The van der Waals surface area contributed by atoms with Crippen molar-refractivity contribution in [1.82, 2.24) is 5.32 Å². The van der Waals surface area contributed by atoms with Gasteiger partial charge in [-0.1, -0.05) is 41.4 Å². The molecule has 108 valence electrons. The molecular weight excluding hydrogens is 314 g/mol. The Morgan fingerprint density at radius 3 is 2.57 bits per heavy atom. The van der Waals surface area contributed by atoms with E-state index in [1.54, 1.807) is 37.4 Å². The van der Waals surface area contributed by atoms with Crippen LogP contribution in [0.4, 0.5) is 10.1 Å². The van der Waals surface area contributed by atoms with Crippen LogP contribution >= 0.6 is 23.2 Å². The van der Waals surface area contributed by atoms with E-state index in [9.17, 15) is 9.18 Å². The van der Waals surface area contributed by atoms with Crippen molar-refractivity contribution in [2.24, 2.45) is 0 Å². The van der Waals surface area contributed by atoms with Crippen molar-refractivity contribution in [3.05, 3.63) is 63.4 Å². The van der Waals surface area contributed by atoms with Gasteiger partial charge in [0.15, 0.2) is 5.54 Å². The molecule has 0 aromatic heterocycles. The monoisotopic (exact) mass is 324 g/mol. The van der Waals surface area contributed by atoms with Gasteiger partial charge in [-0.2, -0.15) is 0 Å². The second kappa shape index (κ2) is 4.98. The Kier molecular flexibility index (Phi) is 3.40. The van der Waals surface area contributed by atoms with Gasteiger partial charge in [-0.3, -0.25) is 10.1 Å². The lowest BCUT2D eigenvalue weighted by Gasteiger charge is -2.28. The van der Waals surface area contributed by atoms with Crippen LogP contribution in [-0.4, -0.2) is 13.0 Å². The summed E-state index contributed by atoms with van der Waals surface area (Å²) in [6.07, 6.45) is 0. The van der Waals surface area contributed by atoms with Crippen LogP contribution in [0.25, 0.3) is 0 Å². The van der Waals surface area contributed by atoms with E-state index in [0.717, 1.165) is 0 Å². The number of hydrogen-bond acceptors (Lipinski definition) is 2. The van der Waals surface area contributed by atoms with Crippen molar-refractivity contribution in [3.8, 4) is 0 Å². The summed E-state index contributed by atoms with van der Waals surface area (Å²) in [5.41, 5.74) is -0.168. The average molecular weight is 325 g/mol. The number of amides is 1. The quantitative estimate of drug-likeness (QED) is 0.887. The van der Waals surface area contributed by atoms with E-state index >= 15 is 0 Å². The van der Waals surface area contributed by atoms with Crippen LogP contribution in [0.1, 0.15) is 11.1 Å². The van der Waals surface area contributed by atoms with Crippen molar-refractivity contribution in [2.45, 2.75) is 5.54 Å². The molecule has 0 saturated heterocycles. The zero-order valence-corrected chi connectivity index (χ0v) is 12.5. The smallest absolute Gasteiger partial charge is 0.254 e. The molecule has 1 atom stereocenters. The predicted octanol–water partition coefficient (Wildman–Crippen LogP) is 3.55. The Hall–Kier alpha value is -1.62. The molecule has 0 saturated carbocycles. The van der Waals surface area contributed by atoms with Gasteiger partial charge in [0.25, 0.3) is 5.91 Å². The van der Waals surface area contributed by atoms with E-state index < -0.39 is 17.3 Å². The van der Waals surface area contributed by atoms with Gasteiger partial charge in [-0.25, -0.2) is 4.39 Å². The molecule has 21 heavy (non-hydrogen) atoms. The number of hydrogen-bond donors (Lipinski definition) is 2. The van der Waals surface area contributed by atoms with Crippen LogP contribution in [0.3, 0.4) is 0 Å². The Balaban J connectivity index is 2.35. The summed E-state index contributed by atoms with van der Waals surface area (Å²) in [5, 5.41) is 6.17. The van der Waals surface area contributed by atoms with Crippen LogP contribution in [-0.2, 0) is 10.3 Å². The Morgan fingerprint density at radius 1 is 1.19 bits per heavy atom. The van der Waals surface area contributed by atoms with Crippen molar-refractivity contribution < 1.29 is 9.18 Å². The van der Waals surface area contributed by atoms with Gasteiger partial charge in [0.05, 0.1) is 5.69 Å². The highest BCUT2D eigenvalue weighted by Crippen LogP contribution is 2.45. The van der Waals surface area contributed by atoms with Crippen molar-refractivity contribution in [1.29, 1.82) is 0 Å². The molecule has 1 unspecified atom stereocenters. The summed E-state index contributed by atoms with van der Waals surface area (Å²) in [7, 11) is 1.62. The number of rotatable bonds is 2. The summed E-state index contributed by atoms with van der Waals surface area (Å²) < 4.78 is 14.1. The van der Waals surface area contributed by atoms with E-state index in [4.69, 9.17) is 23.2 Å². The highest BCUT2D eigenvalue weighted by molar-refractivity contribution is 6.32. The number of nitrogens with one attached hydrogen (secondary N) is 2. The molecule has 0 radical (unpaired) electrons. The van der Waals surface area contributed by atoms with Crippen LogP contribution in [0, 0.1) is 5.82 Å². The van der Waals surface area contributed by atoms with Gasteiger partial charge in [0.2, 0.25) is 0 Å². The number of benzene rings is 2. The minimum Gasteiger partial charge on any atom is -0.321 e. The van der Waals surface area contributed by atoms with Gasteiger partial charge in [0, 0.05) is 21.2 Å². The fourth-order valence-corrected chi connectivity index (χ4v) is 3.22. The van der Waals surface area contributed by atoms with Gasteiger partial charge in [-0.05, 0) is 25.2 Å². The maximum atomic E-state index is 14.1. The third-order valence-corrected chi connectivity index (χ3v) is 4.24. The second-order valence-electron chi connectivity index (χ2n) is 4.74. The normalized spacial score (nSPS) is 20.3. The van der Waals surface area contributed by atoms with Gasteiger partial charge in [0.1, 0.15) is 5.82 Å². The number of halogens is 3. The van der Waals surface area contributed by atoms with Crippen molar-refractivity contribution in [2.75, 3.05) is 12.4 Å². The molecule has 2 aromatic carbocycles. The molecule has 1 amide bonds. The topological polar surface area (TPSA) is 41.1 Å². The predicted molar refractivity (Wildman–Crippen MR) is 81.3 cm³/mol. The first-order valence-electron chi connectivity index (χ1n) is 6.25. The summed E-state index contributed by atoms with van der Waals surface area (Å²) >= 11 is 12.2. The Morgan fingerprint density at radius 2 is 1.90 bits per heavy atom. The number of carbonyl (C=O) groups excluding carboxylic acids is 1. The molecule has 0 bridgehead atoms. The Labute approximate surface area is 131 Å². The zero-order chi connectivity index (χ0) is 15.2. The van der Waals surface area contributed by atoms with Crippen LogP contribution in [0.15, 0.2) is 36.4 Å². The maximum Gasteiger partial charge on any atom is 0.254 e. The lowest BCUT2D eigenvalue weighted by molar-refractivity contribution is -0.120. The number of fused-ring (bicyclic) bond motifs is 1. The second-order valence-corrected chi connectivity index (χ2v) is 5.59.